The summed E-state index contributed by atoms with van der Waals surface area (Å²) in [6.07, 6.45) is 8.61. The van der Waals surface area contributed by atoms with Gasteiger partial charge in [0, 0.05) is 62.8 Å². The molecule has 3 aromatic rings. The Labute approximate surface area is 223 Å². The quantitative estimate of drug-likeness (QED) is 0.443. The molecular weight excluding hydrogens is 486 g/mol. The molecule has 0 radical (unpaired) electrons. The van der Waals surface area contributed by atoms with Gasteiger partial charge in [-0.2, -0.15) is 0 Å². The minimum absolute atomic E-state index is 0.0496. The van der Waals surface area contributed by atoms with Crippen LogP contribution in [0.1, 0.15) is 61.9 Å². The summed E-state index contributed by atoms with van der Waals surface area (Å²) in [6, 6.07) is 10.2. The summed E-state index contributed by atoms with van der Waals surface area (Å²) in [5.41, 5.74) is 5.09. The number of hydrogen-bond donors (Lipinski definition) is 0. The third kappa shape index (κ3) is 5.43. The number of ether oxygens (including phenoxy) is 1. The fraction of sp³-hybridized carbons (Fsp3) is 0.414. The van der Waals surface area contributed by atoms with E-state index < -0.39 is 5.60 Å². The first kappa shape index (κ1) is 25.5. The van der Waals surface area contributed by atoms with Gasteiger partial charge in [-0.25, -0.2) is 9.78 Å². The molecule has 1 fully saturated rings. The van der Waals surface area contributed by atoms with E-state index in [-0.39, 0.29) is 12.1 Å². The molecule has 0 bridgehead atoms. The standard InChI is InChI=1S/C29H34ClN5O2/c1-5-25-31-11-12-35(25)19-21-17-20-7-6-10-32-26(20)27(23-9-8-22(30)18-24(21)23)33-13-15-34(16-14-33)28(36)37-29(2,3)4/h6-12,17-18,27H,5,13-16,19H2,1-4H3. The number of imidazole rings is 1. The van der Waals surface area contributed by atoms with Crippen molar-refractivity contribution in [2.75, 3.05) is 26.2 Å². The summed E-state index contributed by atoms with van der Waals surface area (Å²) in [6.45, 7) is 11.2. The van der Waals surface area contributed by atoms with E-state index in [0.717, 1.165) is 42.2 Å². The SMILES string of the molecule is CCc1nccn1CC1=Cc2cccnc2C(N2CCN(C(=O)OC(C)(C)C)CC2)c2ccc(Cl)cc21. The van der Waals surface area contributed by atoms with Gasteiger partial charge in [-0.15, -0.1) is 0 Å². The maximum atomic E-state index is 12.7. The van der Waals surface area contributed by atoms with Crippen molar-refractivity contribution in [2.45, 2.75) is 52.3 Å². The highest BCUT2D eigenvalue weighted by atomic mass is 35.5. The van der Waals surface area contributed by atoms with Crippen LogP contribution in [0.4, 0.5) is 4.79 Å². The zero-order valence-corrected chi connectivity index (χ0v) is 22.7. The first-order chi connectivity index (χ1) is 17.7. The molecule has 2 aliphatic rings. The molecule has 1 atom stereocenters. The van der Waals surface area contributed by atoms with Crippen LogP contribution in [-0.4, -0.2) is 62.2 Å². The predicted octanol–water partition coefficient (Wildman–Crippen LogP) is 5.69. The lowest BCUT2D eigenvalue weighted by Gasteiger charge is -2.40. The highest BCUT2D eigenvalue weighted by Crippen LogP contribution is 2.41. The number of hydrogen-bond acceptors (Lipinski definition) is 5. The van der Waals surface area contributed by atoms with Crippen molar-refractivity contribution in [1.82, 2.24) is 24.3 Å². The van der Waals surface area contributed by atoms with E-state index in [0.29, 0.717) is 24.7 Å². The lowest BCUT2D eigenvalue weighted by molar-refractivity contribution is 0.0118. The van der Waals surface area contributed by atoms with E-state index in [1.807, 2.05) is 51.5 Å². The average Bonchev–Trinajstić information content (AvgIpc) is 3.26. The number of pyridine rings is 1. The molecule has 194 valence electrons. The lowest BCUT2D eigenvalue weighted by atomic mass is 9.93. The molecule has 5 rings (SSSR count). The van der Waals surface area contributed by atoms with Gasteiger partial charge in [0.25, 0.3) is 0 Å². The first-order valence-electron chi connectivity index (χ1n) is 12.9. The summed E-state index contributed by atoms with van der Waals surface area (Å²) < 4.78 is 7.81. The second-order valence-electron chi connectivity index (χ2n) is 10.6. The molecule has 7 nitrogen and oxygen atoms in total. The number of nitrogens with zero attached hydrogens (tertiary/aromatic N) is 5. The van der Waals surface area contributed by atoms with Crippen molar-refractivity contribution >= 4 is 29.3 Å². The van der Waals surface area contributed by atoms with Crippen molar-refractivity contribution in [3.8, 4) is 0 Å². The number of benzene rings is 1. The second-order valence-corrected chi connectivity index (χ2v) is 11.0. The van der Waals surface area contributed by atoms with Crippen LogP contribution in [0.15, 0.2) is 48.9 Å². The van der Waals surface area contributed by atoms with Crippen molar-refractivity contribution < 1.29 is 9.53 Å². The van der Waals surface area contributed by atoms with Crippen LogP contribution in [0.2, 0.25) is 5.02 Å². The largest absolute Gasteiger partial charge is 0.444 e. The Hall–Kier alpha value is -3.16. The Morgan fingerprint density at radius 3 is 2.62 bits per heavy atom. The van der Waals surface area contributed by atoms with Gasteiger partial charge >= 0.3 is 6.09 Å². The van der Waals surface area contributed by atoms with Crippen LogP contribution in [0.3, 0.4) is 0 Å². The molecule has 0 spiro atoms. The summed E-state index contributed by atoms with van der Waals surface area (Å²) in [4.78, 5) is 26.3. The maximum Gasteiger partial charge on any atom is 0.410 e. The number of halogens is 1. The van der Waals surface area contributed by atoms with E-state index in [1.54, 1.807) is 4.90 Å². The zero-order chi connectivity index (χ0) is 26.2. The predicted molar refractivity (Wildman–Crippen MR) is 146 cm³/mol. The van der Waals surface area contributed by atoms with Crippen LogP contribution in [0.25, 0.3) is 11.6 Å². The lowest BCUT2D eigenvalue weighted by Crippen LogP contribution is -2.51. The molecule has 1 amide bonds. The van der Waals surface area contributed by atoms with E-state index >= 15 is 0 Å². The third-order valence-corrected chi connectivity index (χ3v) is 7.14. The molecule has 0 saturated carbocycles. The highest BCUT2D eigenvalue weighted by Gasteiger charge is 2.34. The molecule has 0 N–H and O–H groups in total. The zero-order valence-electron chi connectivity index (χ0n) is 21.9. The van der Waals surface area contributed by atoms with Gasteiger partial charge in [0.1, 0.15) is 11.4 Å². The first-order valence-corrected chi connectivity index (χ1v) is 13.3. The number of aromatic nitrogens is 3. The van der Waals surface area contributed by atoms with E-state index in [9.17, 15) is 4.79 Å². The van der Waals surface area contributed by atoms with Gasteiger partial charge in [-0.05, 0) is 67.3 Å². The minimum atomic E-state index is -0.508. The second kappa shape index (κ2) is 10.3. The molecule has 37 heavy (non-hydrogen) atoms. The highest BCUT2D eigenvalue weighted by molar-refractivity contribution is 6.30. The van der Waals surface area contributed by atoms with Crippen molar-refractivity contribution in [2.24, 2.45) is 0 Å². The fourth-order valence-electron chi connectivity index (χ4n) is 5.21. The molecule has 3 heterocycles. The number of carbonyl (C=O) groups excluding carboxylic acids is 1. The molecule has 1 aliphatic heterocycles. The minimum Gasteiger partial charge on any atom is -0.444 e. The number of aryl methyl sites for hydroxylation is 1. The number of carbonyl (C=O) groups is 1. The van der Waals surface area contributed by atoms with Gasteiger partial charge in [-0.1, -0.05) is 30.7 Å². The molecule has 8 heteroatoms. The van der Waals surface area contributed by atoms with Crippen LogP contribution in [0.5, 0.6) is 0 Å². The number of allylic oxidation sites excluding steroid dienone is 1. The molecule has 1 aromatic carbocycles. The summed E-state index contributed by atoms with van der Waals surface area (Å²) in [5, 5.41) is 0.707. The van der Waals surface area contributed by atoms with E-state index in [1.165, 1.54) is 11.1 Å². The summed E-state index contributed by atoms with van der Waals surface area (Å²) in [7, 11) is 0. The molecular formula is C29H34ClN5O2. The third-order valence-electron chi connectivity index (χ3n) is 6.91. The Kier molecular flexibility index (Phi) is 7.10. The van der Waals surface area contributed by atoms with Crippen molar-refractivity contribution in [3.05, 3.63) is 82.2 Å². The van der Waals surface area contributed by atoms with Gasteiger partial charge < -0.3 is 14.2 Å². The van der Waals surface area contributed by atoms with Crippen molar-refractivity contribution in [1.29, 1.82) is 0 Å². The number of amides is 1. The molecule has 1 saturated heterocycles. The van der Waals surface area contributed by atoms with E-state index in [2.05, 4.69) is 45.6 Å². The van der Waals surface area contributed by atoms with Gasteiger partial charge in [0.2, 0.25) is 0 Å². The topological polar surface area (TPSA) is 63.5 Å². The molecule has 1 unspecified atom stereocenters. The summed E-state index contributed by atoms with van der Waals surface area (Å²) in [5.74, 6) is 1.05. The molecule has 2 aromatic heterocycles. The molecule has 1 aliphatic carbocycles. The monoisotopic (exact) mass is 519 g/mol. The Morgan fingerprint density at radius 1 is 1.11 bits per heavy atom. The maximum absolute atomic E-state index is 12.7. The Morgan fingerprint density at radius 2 is 1.89 bits per heavy atom. The average molecular weight is 520 g/mol. The summed E-state index contributed by atoms with van der Waals surface area (Å²) >= 11 is 6.55. The van der Waals surface area contributed by atoms with Crippen LogP contribution < -0.4 is 0 Å². The van der Waals surface area contributed by atoms with E-state index in [4.69, 9.17) is 21.3 Å². The Bertz CT molecular complexity index is 1320. The Balaban J connectivity index is 1.50. The number of fused-ring (bicyclic) bond motifs is 2. The van der Waals surface area contributed by atoms with Crippen LogP contribution >= 0.6 is 11.6 Å². The van der Waals surface area contributed by atoms with Crippen molar-refractivity contribution in [3.63, 3.8) is 0 Å². The normalized spacial score (nSPS) is 18.0. The number of rotatable bonds is 4. The van der Waals surface area contributed by atoms with Gasteiger partial charge in [0.05, 0.1) is 11.7 Å². The van der Waals surface area contributed by atoms with Gasteiger partial charge in [-0.3, -0.25) is 9.88 Å². The van der Waals surface area contributed by atoms with Crippen LogP contribution in [-0.2, 0) is 17.7 Å². The van der Waals surface area contributed by atoms with Crippen LogP contribution in [0, 0.1) is 0 Å². The fourth-order valence-corrected chi connectivity index (χ4v) is 5.38. The smallest absolute Gasteiger partial charge is 0.410 e. The van der Waals surface area contributed by atoms with Gasteiger partial charge in [0.15, 0.2) is 0 Å². The number of piperazine rings is 1.